The van der Waals surface area contributed by atoms with Crippen molar-refractivity contribution in [3.63, 3.8) is 0 Å². The van der Waals surface area contributed by atoms with Crippen molar-refractivity contribution in [2.45, 2.75) is 18.2 Å². The van der Waals surface area contributed by atoms with Gasteiger partial charge in [-0.15, -0.1) is 0 Å². The maximum absolute atomic E-state index is 12.9. The Kier molecular flexibility index (Phi) is 4.89. The van der Waals surface area contributed by atoms with Gasteiger partial charge in [-0.3, -0.25) is 0 Å². The summed E-state index contributed by atoms with van der Waals surface area (Å²) in [4.78, 5) is 0.0593. The lowest BCUT2D eigenvalue weighted by Gasteiger charge is -2.04. The summed E-state index contributed by atoms with van der Waals surface area (Å²) in [5.41, 5.74) is 0. The molecule has 90 valence electrons. The second-order valence-electron chi connectivity index (χ2n) is 3.48. The van der Waals surface area contributed by atoms with Crippen LogP contribution in [0.1, 0.15) is 13.3 Å². The van der Waals surface area contributed by atoms with E-state index in [2.05, 4.69) is 5.32 Å². The number of hydrogen-bond acceptors (Lipinski definition) is 3. The Bertz CT molecular complexity index is 431. The van der Waals surface area contributed by atoms with Gasteiger partial charge in [0.1, 0.15) is 5.82 Å². The van der Waals surface area contributed by atoms with Gasteiger partial charge in [0, 0.05) is 0 Å². The number of nitrogens with one attached hydrogen (secondary N) is 1. The summed E-state index contributed by atoms with van der Waals surface area (Å²) in [6, 6.07) is 5.12. The zero-order chi connectivity index (χ0) is 12.0. The van der Waals surface area contributed by atoms with Crippen molar-refractivity contribution >= 4 is 9.84 Å². The molecule has 0 bridgehead atoms. The molecule has 5 heteroatoms. The third kappa shape index (κ3) is 3.90. The summed E-state index contributed by atoms with van der Waals surface area (Å²) in [5.74, 6) is -0.476. The Labute approximate surface area is 95.6 Å². The van der Waals surface area contributed by atoms with Crippen LogP contribution in [0.15, 0.2) is 29.2 Å². The molecule has 1 N–H and O–H groups in total. The van der Waals surface area contributed by atoms with Gasteiger partial charge in [-0.05, 0) is 37.7 Å². The van der Waals surface area contributed by atoms with E-state index in [0.717, 1.165) is 12.6 Å². The zero-order valence-corrected chi connectivity index (χ0v) is 10.1. The van der Waals surface area contributed by atoms with E-state index < -0.39 is 15.7 Å². The van der Waals surface area contributed by atoms with Crippen LogP contribution < -0.4 is 5.32 Å². The first-order valence-electron chi connectivity index (χ1n) is 5.25. The highest BCUT2D eigenvalue weighted by Crippen LogP contribution is 2.13. The van der Waals surface area contributed by atoms with E-state index in [-0.39, 0.29) is 10.6 Å². The molecule has 3 nitrogen and oxygen atoms in total. The molecule has 0 radical (unpaired) electrons. The molecule has 0 fully saturated rings. The van der Waals surface area contributed by atoms with E-state index in [1.165, 1.54) is 18.2 Å². The maximum Gasteiger partial charge on any atom is 0.178 e. The molecule has 1 aromatic rings. The summed E-state index contributed by atoms with van der Waals surface area (Å²) < 4.78 is 36.4. The largest absolute Gasteiger partial charge is 0.317 e. The summed E-state index contributed by atoms with van der Waals surface area (Å²) in [5, 5.41) is 3.05. The van der Waals surface area contributed by atoms with Crippen LogP contribution in [-0.2, 0) is 9.84 Å². The molecule has 0 amide bonds. The van der Waals surface area contributed by atoms with Crippen molar-refractivity contribution < 1.29 is 12.8 Å². The summed E-state index contributed by atoms with van der Waals surface area (Å²) in [6.45, 7) is 3.44. The van der Waals surface area contributed by atoms with Crippen LogP contribution in [0.4, 0.5) is 4.39 Å². The van der Waals surface area contributed by atoms with E-state index >= 15 is 0 Å². The number of sulfone groups is 1. The number of rotatable bonds is 6. The van der Waals surface area contributed by atoms with Crippen LogP contribution >= 0.6 is 0 Å². The molecule has 1 rings (SSSR count). The van der Waals surface area contributed by atoms with Gasteiger partial charge in [0.25, 0.3) is 0 Å². The van der Waals surface area contributed by atoms with E-state index in [9.17, 15) is 12.8 Å². The SMILES string of the molecule is CCNCCCS(=O)(=O)c1cccc(F)c1. The van der Waals surface area contributed by atoms with Crippen molar-refractivity contribution in [1.29, 1.82) is 0 Å². The van der Waals surface area contributed by atoms with Crippen LogP contribution in [0.5, 0.6) is 0 Å². The summed E-state index contributed by atoms with van der Waals surface area (Å²) >= 11 is 0. The van der Waals surface area contributed by atoms with Crippen molar-refractivity contribution in [2.75, 3.05) is 18.8 Å². The second-order valence-corrected chi connectivity index (χ2v) is 5.59. The molecular formula is C11H16FNO2S. The Morgan fingerprint density at radius 1 is 1.38 bits per heavy atom. The standard InChI is InChI=1S/C11H16FNO2S/c1-2-13-7-4-8-16(14,15)11-6-3-5-10(12)9-11/h3,5-6,9,13H,2,4,7-8H2,1H3. The lowest BCUT2D eigenvalue weighted by molar-refractivity contribution is 0.585. The predicted molar refractivity (Wildman–Crippen MR) is 61.6 cm³/mol. The topological polar surface area (TPSA) is 46.2 Å². The van der Waals surface area contributed by atoms with Gasteiger partial charge < -0.3 is 5.32 Å². The highest BCUT2D eigenvalue weighted by Gasteiger charge is 2.14. The molecule has 1 aromatic carbocycles. The summed E-state index contributed by atoms with van der Waals surface area (Å²) in [6.07, 6.45) is 0.534. The molecule has 0 unspecified atom stereocenters. The normalized spacial score (nSPS) is 11.6. The Balaban J connectivity index is 2.64. The van der Waals surface area contributed by atoms with Crippen molar-refractivity contribution in [1.82, 2.24) is 5.32 Å². The minimum Gasteiger partial charge on any atom is -0.317 e. The van der Waals surface area contributed by atoms with Crippen LogP contribution in [0, 0.1) is 5.82 Å². The monoisotopic (exact) mass is 245 g/mol. The Hall–Kier alpha value is -0.940. The van der Waals surface area contributed by atoms with Crippen LogP contribution in [-0.4, -0.2) is 27.3 Å². The molecule has 0 heterocycles. The van der Waals surface area contributed by atoms with Crippen molar-refractivity contribution in [3.8, 4) is 0 Å². The molecule has 0 saturated heterocycles. The van der Waals surface area contributed by atoms with Gasteiger partial charge in [0.15, 0.2) is 9.84 Å². The highest BCUT2D eigenvalue weighted by molar-refractivity contribution is 7.91. The molecule has 0 aliphatic carbocycles. The van der Waals surface area contributed by atoms with Gasteiger partial charge in [0.2, 0.25) is 0 Å². The first-order valence-corrected chi connectivity index (χ1v) is 6.90. The lowest BCUT2D eigenvalue weighted by atomic mass is 10.4. The van der Waals surface area contributed by atoms with Crippen LogP contribution in [0.25, 0.3) is 0 Å². The number of halogens is 1. The third-order valence-electron chi connectivity index (χ3n) is 2.17. The maximum atomic E-state index is 12.9. The van der Waals surface area contributed by atoms with Crippen molar-refractivity contribution in [3.05, 3.63) is 30.1 Å². The minimum absolute atomic E-state index is 0.0451. The van der Waals surface area contributed by atoms with E-state index in [1.54, 1.807) is 0 Å². The molecule has 16 heavy (non-hydrogen) atoms. The molecule has 0 aromatic heterocycles. The third-order valence-corrected chi connectivity index (χ3v) is 3.97. The molecular weight excluding hydrogens is 229 g/mol. The van der Waals surface area contributed by atoms with Gasteiger partial charge in [-0.2, -0.15) is 0 Å². The first-order chi connectivity index (χ1) is 7.56. The van der Waals surface area contributed by atoms with Gasteiger partial charge in [-0.1, -0.05) is 13.0 Å². The highest BCUT2D eigenvalue weighted by atomic mass is 32.2. The second kappa shape index (κ2) is 5.96. The molecule has 0 aliphatic rings. The number of benzene rings is 1. The molecule has 0 atom stereocenters. The number of hydrogen-bond donors (Lipinski definition) is 1. The Morgan fingerprint density at radius 3 is 2.75 bits per heavy atom. The fraction of sp³-hybridized carbons (Fsp3) is 0.455. The van der Waals surface area contributed by atoms with Crippen LogP contribution in [0.2, 0.25) is 0 Å². The van der Waals surface area contributed by atoms with E-state index in [1.807, 2.05) is 6.92 Å². The average molecular weight is 245 g/mol. The minimum atomic E-state index is -3.34. The quantitative estimate of drug-likeness (QED) is 0.774. The van der Waals surface area contributed by atoms with Crippen molar-refractivity contribution in [2.24, 2.45) is 0 Å². The lowest BCUT2D eigenvalue weighted by Crippen LogP contribution is -2.18. The molecule has 0 saturated carbocycles. The van der Waals surface area contributed by atoms with E-state index in [0.29, 0.717) is 13.0 Å². The van der Waals surface area contributed by atoms with E-state index in [4.69, 9.17) is 0 Å². The molecule has 0 aliphatic heterocycles. The fourth-order valence-corrected chi connectivity index (χ4v) is 2.68. The van der Waals surface area contributed by atoms with Gasteiger partial charge >= 0.3 is 0 Å². The predicted octanol–water partition coefficient (Wildman–Crippen LogP) is 1.60. The first kappa shape index (κ1) is 13.1. The fourth-order valence-electron chi connectivity index (χ4n) is 1.34. The molecule has 0 spiro atoms. The van der Waals surface area contributed by atoms with Gasteiger partial charge in [-0.25, -0.2) is 12.8 Å². The Morgan fingerprint density at radius 2 is 2.12 bits per heavy atom. The van der Waals surface area contributed by atoms with Gasteiger partial charge in [0.05, 0.1) is 10.6 Å². The smallest absolute Gasteiger partial charge is 0.178 e. The average Bonchev–Trinajstić information content (AvgIpc) is 2.24. The van der Waals surface area contributed by atoms with Crippen LogP contribution in [0.3, 0.4) is 0 Å². The summed E-state index contributed by atoms with van der Waals surface area (Å²) in [7, 11) is -3.34. The zero-order valence-electron chi connectivity index (χ0n) is 9.24.